The average molecular weight is 761 g/mol. The maximum atomic E-state index is 17.4. The van der Waals surface area contributed by atoms with Gasteiger partial charge in [-0.1, -0.05) is 24.6 Å². The first-order chi connectivity index (χ1) is 25.7. The number of carbonyl (C=O) groups excluding carboxylic acids is 1. The number of rotatable bonds is 6. The van der Waals surface area contributed by atoms with Gasteiger partial charge in [0.2, 0.25) is 5.91 Å². The molecule has 0 spiro atoms. The number of thiophene rings is 1. The second-order valence-corrected chi connectivity index (χ2v) is 17.2. The number of halogens is 3. The number of fused-ring (bicyclic) bond motifs is 4. The van der Waals surface area contributed by atoms with Gasteiger partial charge >= 0.3 is 6.01 Å². The van der Waals surface area contributed by atoms with Crippen LogP contribution in [0.1, 0.15) is 51.0 Å². The lowest BCUT2D eigenvalue weighted by molar-refractivity contribution is -0.130. The molecule has 276 valence electrons. The quantitative estimate of drug-likeness (QED) is 0.235. The Balaban J connectivity index is 1.11. The molecule has 1 unspecified atom stereocenters. The van der Waals surface area contributed by atoms with Crippen LogP contribution >= 0.6 is 22.9 Å². The highest BCUT2D eigenvalue weighted by Crippen LogP contribution is 2.51. The molecule has 3 N–H and O–H groups in total. The Labute approximate surface area is 314 Å². The highest BCUT2D eigenvalue weighted by Gasteiger charge is 2.53. The van der Waals surface area contributed by atoms with Crippen LogP contribution in [-0.2, 0) is 4.79 Å². The average Bonchev–Trinajstić information content (AvgIpc) is 4.04. The summed E-state index contributed by atoms with van der Waals surface area (Å²) in [6.07, 6.45) is 6.09. The second-order valence-electron chi connectivity index (χ2n) is 15.8. The molecule has 5 fully saturated rings. The molecule has 1 aliphatic carbocycles. The molecule has 11 nitrogen and oxygen atoms in total. The Kier molecular flexibility index (Phi) is 7.75. The minimum atomic E-state index is -0.765. The molecule has 2 aromatic heterocycles. The summed E-state index contributed by atoms with van der Waals surface area (Å²) in [5.41, 5.74) is 6.16. The smallest absolute Gasteiger partial charge is 0.319 e. The number of aromatic nitrogens is 2. The lowest BCUT2D eigenvalue weighted by Gasteiger charge is -2.32. The van der Waals surface area contributed by atoms with Gasteiger partial charge in [-0.3, -0.25) is 15.0 Å². The van der Waals surface area contributed by atoms with Gasteiger partial charge in [0.15, 0.2) is 11.6 Å². The van der Waals surface area contributed by atoms with Gasteiger partial charge in [0.05, 0.1) is 32.3 Å². The van der Waals surface area contributed by atoms with Gasteiger partial charge in [-0.15, -0.1) is 11.3 Å². The van der Waals surface area contributed by atoms with Crippen molar-refractivity contribution in [2.24, 2.45) is 11.8 Å². The molecule has 0 bridgehead atoms. The third-order valence-corrected chi connectivity index (χ3v) is 13.7. The van der Waals surface area contributed by atoms with Crippen LogP contribution in [0.25, 0.3) is 32.1 Å². The van der Waals surface area contributed by atoms with E-state index in [0.717, 1.165) is 56.5 Å². The van der Waals surface area contributed by atoms with Gasteiger partial charge in [0, 0.05) is 43.2 Å². The summed E-state index contributed by atoms with van der Waals surface area (Å²) in [5, 5.41) is 14.0. The van der Waals surface area contributed by atoms with Crippen LogP contribution in [0.4, 0.5) is 19.6 Å². The highest BCUT2D eigenvalue weighted by molar-refractivity contribution is 7.23. The Bertz CT molecular complexity index is 2260. The molecule has 7 heterocycles. The number of nitriles is 1. The summed E-state index contributed by atoms with van der Waals surface area (Å²) >= 11 is 8.10. The summed E-state index contributed by atoms with van der Waals surface area (Å²) in [4.78, 5) is 29.9. The van der Waals surface area contributed by atoms with Crippen molar-refractivity contribution >= 4 is 60.7 Å². The molecule has 1 amide bonds. The van der Waals surface area contributed by atoms with Gasteiger partial charge in [-0.2, -0.15) is 15.2 Å². The summed E-state index contributed by atoms with van der Waals surface area (Å²) in [6, 6.07) is 4.53. The summed E-state index contributed by atoms with van der Waals surface area (Å²) in [6.45, 7) is 6.32. The molecule has 2 aromatic carbocycles. The molecule has 0 radical (unpaired) electrons. The molecule has 6 aliphatic rings. The predicted octanol–water partition coefficient (Wildman–Crippen LogP) is 5.70. The molecule has 1 saturated carbocycles. The standard InChI is InChI=1S/C38H39ClF2N8O3S/c1-18-12-38(8-2-10-48(38)14-18)17-52-37-45-30-26-32(27(39)25(28(30)41)21-6-7-23(40)33-24(21)22(13-42)34(43)53-33)51-16-20-15-47(9-3-11-49(20)35(26)46-37)36(50)31-29(44-31)19-4-5-19/h6-7,18-20,29,31,44H,2-5,8-12,14-17,43H2,1H3/t18-,20?,29+,31-,38+/m1/s1. The van der Waals surface area contributed by atoms with Gasteiger partial charge in [-0.05, 0) is 68.5 Å². The molecule has 5 atom stereocenters. The third-order valence-electron chi connectivity index (χ3n) is 12.3. The van der Waals surface area contributed by atoms with Crippen molar-refractivity contribution in [2.75, 3.05) is 56.6 Å². The van der Waals surface area contributed by atoms with Crippen molar-refractivity contribution in [1.82, 2.24) is 25.1 Å². The van der Waals surface area contributed by atoms with E-state index in [1.165, 1.54) is 12.1 Å². The van der Waals surface area contributed by atoms with Gasteiger partial charge in [0.25, 0.3) is 0 Å². The minimum Gasteiger partial charge on any atom is -0.489 e. The van der Waals surface area contributed by atoms with Crippen LogP contribution in [0.15, 0.2) is 12.1 Å². The van der Waals surface area contributed by atoms with E-state index < -0.39 is 11.6 Å². The Hall–Kier alpha value is -4.03. The van der Waals surface area contributed by atoms with Crippen LogP contribution in [0.2, 0.25) is 5.02 Å². The van der Waals surface area contributed by atoms with Crippen molar-refractivity contribution in [3.8, 4) is 29.0 Å². The number of amides is 1. The molecule has 5 aliphatic heterocycles. The van der Waals surface area contributed by atoms with Crippen LogP contribution in [-0.4, -0.2) is 95.3 Å². The fourth-order valence-corrected chi connectivity index (χ4v) is 11.0. The summed E-state index contributed by atoms with van der Waals surface area (Å²) < 4.78 is 45.7. The topological polar surface area (TPSA) is 143 Å². The van der Waals surface area contributed by atoms with Crippen molar-refractivity contribution in [3.05, 3.63) is 34.4 Å². The van der Waals surface area contributed by atoms with E-state index in [-0.39, 0.29) is 90.3 Å². The number of hydrogen-bond acceptors (Lipinski definition) is 11. The normalized spacial score (nSPS) is 28.0. The Morgan fingerprint density at radius 2 is 2.06 bits per heavy atom. The monoisotopic (exact) mass is 760 g/mol. The molecule has 4 saturated heterocycles. The first-order valence-electron chi connectivity index (χ1n) is 18.6. The molecular weight excluding hydrogens is 722 g/mol. The minimum absolute atomic E-state index is 0.0421. The maximum Gasteiger partial charge on any atom is 0.319 e. The SMILES string of the molecule is C[C@H]1CN2CCC[C@@]2(COc2nc3c4c(c(Cl)c(-c5ccc(F)c6sc(N)c(C#N)c56)c(F)c4n2)OCC2CN(C(=O)[C@@H]4N[C@H]4C4CC4)CCCN32)C1. The Morgan fingerprint density at radius 1 is 1.21 bits per heavy atom. The molecular formula is C38H39ClF2N8O3S. The third kappa shape index (κ3) is 5.25. The molecule has 4 aromatic rings. The van der Waals surface area contributed by atoms with Crippen molar-refractivity contribution < 1.29 is 23.0 Å². The van der Waals surface area contributed by atoms with Gasteiger partial charge < -0.3 is 25.0 Å². The fraction of sp³-hybridized carbons (Fsp3) is 0.526. The number of nitrogens with two attached hydrogens (primary N) is 1. The number of benzene rings is 2. The predicted molar refractivity (Wildman–Crippen MR) is 198 cm³/mol. The van der Waals surface area contributed by atoms with Gasteiger partial charge in [0.1, 0.15) is 47.5 Å². The lowest BCUT2D eigenvalue weighted by Crippen LogP contribution is -2.47. The van der Waals surface area contributed by atoms with Gasteiger partial charge in [-0.25, -0.2) is 8.78 Å². The van der Waals surface area contributed by atoms with E-state index in [1.54, 1.807) is 0 Å². The van der Waals surface area contributed by atoms with Crippen LogP contribution < -0.4 is 25.4 Å². The fourth-order valence-electron chi connectivity index (χ4n) is 9.71. The molecule has 10 rings (SSSR count). The first kappa shape index (κ1) is 33.5. The zero-order valence-electron chi connectivity index (χ0n) is 29.3. The number of hydrogen-bond donors (Lipinski definition) is 2. The number of ether oxygens (including phenoxy) is 2. The highest BCUT2D eigenvalue weighted by atomic mass is 35.5. The van der Waals surface area contributed by atoms with Crippen LogP contribution in [0.3, 0.4) is 0 Å². The van der Waals surface area contributed by atoms with E-state index in [1.807, 2.05) is 4.90 Å². The molecule has 53 heavy (non-hydrogen) atoms. The summed E-state index contributed by atoms with van der Waals surface area (Å²) in [5.74, 6) is 0.505. The van der Waals surface area contributed by atoms with Crippen LogP contribution in [0, 0.1) is 34.8 Å². The zero-order valence-corrected chi connectivity index (χ0v) is 30.8. The zero-order chi connectivity index (χ0) is 36.3. The number of nitrogen functional groups attached to an aromatic ring is 1. The van der Waals surface area contributed by atoms with Crippen molar-refractivity contribution in [2.45, 2.75) is 69.1 Å². The number of nitrogens with one attached hydrogen (secondary N) is 1. The number of anilines is 2. The Morgan fingerprint density at radius 3 is 2.87 bits per heavy atom. The summed E-state index contributed by atoms with van der Waals surface area (Å²) in [7, 11) is 0. The van der Waals surface area contributed by atoms with E-state index in [0.29, 0.717) is 55.7 Å². The van der Waals surface area contributed by atoms with Crippen LogP contribution in [0.5, 0.6) is 11.8 Å². The van der Waals surface area contributed by atoms with E-state index >= 15 is 8.78 Å². The first-order valence-corrected chi connectivity index (χ1v) is 19.8. The maximum absolute atomic E-state index is 17.4. The second kappa shape index (κ2) is 12.2. The van der Waals surface area contributed by atoms with Crippen molar-refractivity contribution in [3.63, 3.8) is 0 Å². The number of nitrogens with zero attached hydrogens (tertiary/aromatic N) is 6. The van der Waals surface area contributed by atoms with Crippen molar-refractivity contribution in [1.29, 1.82) is 5.26 Å². The van der Waals surface area contributed by atoms with E-state index in [9.17, 15) is 10.1 Å². The van der Waals surface area contributed by atoms with E-state index in [4.69, 9.17) is 36.8 Å². The van der Waals surface area contributed by atoms with E-state index in [2.05, 4.69) is 28.1 Å². The largest absolute Gasteiger partial charge is 0.489 e. The number of carbonyl (C=O) groups is 1. The molecule has 15 heteroatoms. The lowest BCUT2D eigenvalue weighted by atomic mass is 9.92.